The van der Waals surface area contributed by atoms with Crippen molar-refractivity contribution in [1.29, 1.82) is 0 Å². The number of ether oxygens (including phenoxy) is 1. The maximum absolute atomic E-state index is 5.03. The quantitative estimate of drug-likeness (QED) is 0.638. The molecule has 0 aliphatic carbocycles. The fraction of sp³-hybridized carbons (Fsp3) is 0.167. The minimum Gasteiger partial charge on any atom is -0.380 e. The minimum atomic E-state index is 0.610. The van der Waals surface area contributed by atoms with Crippen LogP contribution in [-0.2, 0) is 4.74 Å². The lowest BCUT2D eigenvalue weighted by Gasteiger charge is -1.99. The van der Waals surface area contributed by atoms with Crippen LogP contribution < -0.4 is 0 Å². The van der Waals surface area contributed by atoms with Gasteiger partial charge in [-0.2, -0.15) is 0 Å². The Morgan fingerprint density at radius 3 is 2.62 bits per heavy atom. The van der Waals surface area contributed by atoms with E-state index >= 15 is 0 Å². The van der Waals surface area contributed by atoms with Gasteiger partial charge in [-0.25, -0.2) is 0 Å². The molecular formula is C12H14O. The Labute approximate surface area is 79.4 Å². The Morgan fingerprint density at radius 2 is 2.08 bits per heavy atom. The first-order valence-electron chi connectivity index (χ1n) is 4.24. The van der Waals surface area contributed by atoms with E-state index in [0.717, 1.165) is 5.57 Å². The van der Waals surface area contributed by atoms with E-state index in [4.69, 9.17) is 4.74 Å². The fourth-order valence-electron chi connectivity index (χ4n) is 1.09. The third-order valence-corrected chi connectivity index (χ3v) is 1.72. The van der Waals surface area contributed by atoms with Crippen LogP contribution in [0.2, 0.25) is 0 Å². The van der Waals surface area contributed by atoms with E-state index in [1.165, 1.54) is 5.56 Å². The van der Waals surface area contributed by atoms with Gasteiger partial charge in [0.15, 0.2) is 0 Å². The Balaban J connectivity index is 2.79. The van der Waals surface area contributed by atoms with Crippen LogP contribution in [0.25, 0.3) is 6.08 Å². The summed E-state index contributed by atoms with van der Waals surface area (Å²) in [5.41, 5.74) is 2.27. The van der Waals surface area contributed by atoms with Gasteiger partial charge in [0.05, 0.1) is 6.61 Å². The molecule has 1 aromatic rings. The van der Waals surface area contributed by atoms with Crippen LogP contribution in [0.15, 0.2) is 48.6 Å². The molecule has 0 heterocycles. The molecule has 0 bridgehead atoms. The van der Waals surface area contributed by atoms with Crippen molar-refractivity contribution >= 4 is 6.08 Å². The summed E-state index contributed by atoms with van der Waals surface area (Å²) in [7, 11) is 1.68. The standard InChI is InChI=1S/C12H14O/c1-3-11(10-13-2)9-12-7-5-4-6-8-12/h3-9H,1,10H2,2H3. The third-order valence-electron chi connectivity index (χ3n) is 1.72. The molecule has 1 heteroatoms. The predicted molar refractivity (Wildman–Crippen MR) is 56.5 cm³/mol. The maximum atomic E-state index is 5.03. The molecule has 0 saturated heterocycles. The van der Waals surface area contributed by atoms with E-state index in [9.17, 15) is 0 Å². The highest BCUT2D eigenvalue weighted by molar-refractivity contribution is 5.55. The van der Waals surface area contributed by atoms with Crippen molar-refractivity contribution in [3.8, 4) is 0 Å². The van der Waals surface area contributed by atoms with Crippen molar-refractivity contribution in [3.63, 3.8) is 0 Å². The topological polar surface area (TPSA) is 9.23 Å². The first-order valence-corrected chi connectivity index (χ1v) is 4.24. The third kappa shape index (κ3) is 3.26. The molecular weight excluding hydrogens is 160 g/mol. The highest BCUT2D eigenvalue weighted by atomic mass is 16.5. The second-order valence-corrected chi connectivity index (χ2v) is 2.77. The van der Waals surface area contributed by atoms with Gasteiger partial charge >= 0.3 is 0 Å². The van der Waals surface area contributed by atoms with E-state index < -0.39 is 0 Å². The summed E-state index contributed by atoms with van der Waals surface area (Å²) in [5.74, 6) is 0. The number of methoxy groups -OCH3 is 1. The van der Waals surface area contributed by atoms with Gasteiger partial charge in [-0.1, -0.05) is 43.0 Å². The lowest BCUT2D eigenvalue weighted by Crippen LogP contribution is -1.90. The predicted octanol–water partition coefficient (Wildman–Crippen LogP) is 2.90. The number of rotatable bonds is 4. The lowest BCUT2D eigenvalue weighted by molar-refractivity contribution is 0.229. The van der Waals surface area contributed by atoms with E-state index in [-0.39, 0.29) is 0 Å². The summed E-state index contributed by atoms with van der Waals surface area (Å²) in [6.45, 7) is 4.34. The first kappa shape index (κ1) is 9.75. The number of benzene rings is 1. The summed E-state index contributed by atoms with van der Waals surface area (Å²) in [6.07, 6.45) is 3.88. The molecule has 0 radical (unpaired) electrons. The van der Waals surface area contributed by atoms with Gasteiger partial charge in [0.2, 0.25) is 0 Å². The first-order chi connectivity index (χ1) is 6.36. The molecule has 0 atom stereocenters. The van der Waals surface area contributed by atoms with E-state index in [1.807, 2.05) is 24.3 Å². The second kappa shape index (κ2) is 5.33. The van der Waals surface area contributed by atoms with Crippen LogP contribution in [0.3, 0.4) is 0 Å². The van der Waals surface area contributed by atoms with E-state index in [1.54, 1.807) is 7.11 Å². The second-order valence-electron chi connectivity index (χ2n) is 2.77. The monoisotopic (exact) mass is 174 g/mol. The maximum Gasteiger partial charge on any atom is 0.0713 e. The summed E-state index contributed by atoms with van der Waals surface area (Å²) in [4.78, 5) is 0. The van der Waals surface area contributed by atoms with Crippen LogP contribution in [-0.4, -0.2) is 13.7 Å². The van der Waals surface area contributed by atoms with Gasteiger partial charge < -0.3 is 4.74 Å². The lowest BCUT2D eigenvalue weighted by atomic mass is 10.1. The molecule has 0 N–H and O–H groups in total. The SMILES string of the molecule is C=CC(=Cc1ccccc1)COC. The highest BCUT2D eigenvalue weighted by Gasteiger charge is 1.90. The summed E-state index contributed by atoms with van der Waals surface area (Å²) >= 11 is 0. The molecule has 0 fully saturated rings. The average molecular weight is 174 g/mol. The van der Waals surface area contributed by atoms with E-state index in [0.29, 0.717) is 6.61 Å². The van der Waals surface area contributed by atoms with Crippen LogP contribution in [0.1, 0.15) is 5.56 Å². The Morgan fingerprint density at radius 1 is 1.38 bits per heavy atom. The fourth-order valence-corrected chi connectivity index (χ4v) is 1.09. The molecule has 68 valence electrons. The van der Waals surface area contributed by atoms with Crippen molar-refractivity contribution in [3.05, 3.63) is 54.1 Å². The zero-order valence-corrected chi connectivity index (χ0v) is 7.86. The van der Waals surface area contributed by atoms with Crippen LogP contribution in [0.5, 0.6) is 0 Å². The smallest absolute Gasteiger partial charge is 0.0713 e. The summed E-state index contributed by atoms with van der Waals surface area (Å²) < 4.78 is 5.03. The van der Waals surface area contributed by atoms with Crippen molar-refractivity contribution in [1.82, 2.24) is 0 Å². The summed E-state index contributed by atoms with van der Waals surface area (Å²) in [5, 5.41) is 0. The van der Waals surface area contributed by atoms with Gasteiger partial charge in [-0.05, 0) is 17.2 Å². The van der Waals surface area contributed by atoms with Crippen molar-refractivity contribution in [2.75, 3.05) is 13.7 Å². The molecule has 0 unspecified atom stereocenters. The normalized spacial score (nSPS) is 11.3. The largest absolute Gasteiger partial charge is 0.380 e. The van der Waals surface area contributed by atoms with Crippen LogP contribution >= 0.6 is 0 Å². The molecule has 0 aliphatic heterocycles. The zero-order chi connectivity index (χ0) is 9.52. The molecule has 13 heavy (non-hydrogen) atoms. The minimum absolute atomic E-state index is 0.610. The van der Waals surface area contributed by atoms with Gasteiger partial charge in [0, 0.05) is 7.11 Å². The molecule has 0 saturated carbocycles. The highest BCUT2D eigenvalue weighted by Crippen LogP contribution is 2.07. The Kier molecular flexibility index (Phi) is 4.00. The zero-order valence-electron chi connectivity index (χ0n) is 7.86. The molecule has 1 rings (SSSR count). The van der Waals surface area contributed by atoms with Gasteiger partial charge in [-0.15, -0.1) is 0 Å². The molecule has 0 amide bonds. The molecule has 1 nitrogen and oxygen atoms in total. The molecule has 0 spiro atoms. The van der Waals surface area contributed by atoms with E-state index in [2.05, 4.69) is 24.8 Å². The Hall–Kier alpha value is -1.34. The molecule has 0 aliphatic rings. The number of hydrogen-bond acceptors (Lipinski definition) is 1. The summed E-state index contributed by atoms with van der Waals surface area (Å²) in [6, 6.07) is 10.1. The Bertz CT molecular complexity index is 285. The van der Waals surface area contributed by atoms with Gasteiger partial charge in [0.25, 0.3) is 0 Å². The van der Waals surface area contributed by atoms with Crippen LogP contribution in [0.4, 0.5) is 0 Å². The number of hydrogen-bond donors (Lipinski definition) is 0. The van der Waals surface area contributed by atoms with Crippen molar-refractivity contribution < 1.29 is 4.74 Å². The van der Waals surface area contributed by atoms with Gasteiger partial charge in [0.1, 0.15) is 0 Å². The average Bonchev–Trinajstić information content (AvgIpc) is 2.19. The van der Waals surface area contributed by atoms with Crippen molar-refractivity contribution in [2.24, 2.45) is 0 Å². The van der Waals surface area contributed by atoms with Crippen molar-refractivity contribution in [2.45, 2.75) is 0 Å². The van der Waals surface area contributed by atoms with Gasteiger partial charge in [-0.3, -0.25) is 0 Å². The molecule has 0 aromatic heterocycles. The van der Waals surface area contributed by atoms with Crippen LogP contribution in [0, 0.1) is 0 Å². The molecule has 1 aromatic carbocycles.